The van der Waals surface area contributed by atoms with Crippen LogP contribution in [0.3, 0.4) is 0 Å². The third-order valence-electron chi connectivity index (χ3n) is 3.72. The van der Waals surface area contributed by atoms with Crippen molar-refractivity contribution in [3.8, 4) is 0 Å². The largest absolute Gasteiger partial charge is 0.327 e. The molecule has 2 atom stereocenters. The molecule has 0 saturated heterocycles. The van der Waals surface area contributed by atoms with Crippen molar-refractivity contribution in [1.29, 1.82) is 0 Å². The molecule has 0 aromatic heterocycles. The molecule has 2 unspecified atom stereocenters. The lowest BCUT2D eigenvalue weighted by Crippen LogP contribution is -2.33. The van der Waals surface area contributed by atoms with E-state index in [4.69, 9.17) is 5.73 Å². The predicted molar refractivity (Wildman–Crippen MR) is 74.7 cm³/mol. The molecule has 1 aliphatic heterocycles. The highest BCUT2D eigenvalue weighted by Gasteiger charge is 2.28. The van der Waals surface area contributed by atoms with Gasteiger partial charge in [0.1, 0.15) is 0 Å². The molecule has 0 saturated carbocycles. The topological polar surface area (TPSA) is 46.3 Å². The van der Waals surface area contributed by atoms with Gasteiger partial charge in [-0.05, 0) is 43.4 Å². The fourth-order valence-corrected chi connectivity index (χ4v) is 2.74. The zero-order chi connectivity index (χ0) is 13.3. The van der Waals surface area contributed by atoms with E-state index in [1.165, 1.54) is 11.1 Å². The Morgan fingerprint density at radius 3 is 2.89 bits per heavy atom. The summed E-state index contributed by atoms with van der Waals surface area (Å²) in [6, 6.07) is 6.88. The molecule has 0 aliphatic carbocycles. The van der Waals surface area contributed by atoms with Crippen LogP contribution < -0.4 is 10.6 Å². The number of benzene rings is 1. The van der Waals surface area contributed by atoms with Crippen molar-refractivity contribution in [2.24, 2.45) is 5.73 Å². The number of fused-ring (bicyclic) bond motifs is 1. The molecule has 0 fully saturated rings. The van der Waals surface area contributed by atoms with Crippen LogP contribution in [0.25, 0.3) is 0 Å². The second-order valence-corrected chi connectivity index (χ2v) is 5.28. The van der Waals surface area contributed by atoms with E-state index in [0.29, 0.717) is 0 Å². The number of nitrogens with two attached hydrogens (primary N) is 1. The van der Waals surface area contributed by atoms with Crippen molar-refractivity contribution >= 4 is 11.6 Å². The summed E-state index contributed by atoms with van der Waals surface area (Å²) in [5.41, 5.74) is 9.62. The first-order chi connectivity index (χ1) is 8.52. The summed E-state index contributed by atoms with van der Waals surface area (Å²) in [5.74, 6) is 0.124. The summed E-state index contributed by atoms with van der Waals surface area (Å²) >= 11 is 0. The van der Waals surface area contributed by atoms with E-state index < -0.39 is 0 Å². The highest BCUT2D eigenvalue weighted by atomic mass is 16.2. The highest BCUT2D eigenvalue weighted by Crippen LogP contribution is 2.33. The van der Waals surface area contributed by atoms with Crippen LogP contribution in [0.15, 0.2) is 18.2 Å². The quantitative estimate of drug-likeness (QED) is 0.889. The Morgan fingerprint density at radius 1 is 1.56 bits per heavy atom. The standard InChI is InChI=1S/C15H22N2O/c1-4-14(16)9-12-5-6-15-13(8-12)7-10(2)17(15)11(3)18/h5-6,8,10,14H,4,7,9,16H2,1-3H3. The number of carbonyl (C=O) groups excluding carboxylic acids is 1. The summed E-state index contributed by atoms with van der Waals surface area (Å²) in [6.45, 7) is 5.84. The normalized spacial score (nSPS) is 19.8. The molecule has 1 aliphatic rings. The van der Waals surface area contributed by atoms with Gasteiger partial charge >= 0.3 is 0 Å². The molecular weight excluding hydrogens is 224 g/mol. The van der Waals surface area contributed by atoms with Crippen LogP contribution in [-0.4, -0.2) is 18.0 Å². The van der Waals surface area contributed by atoms with Crippen LogP contribution in [0.5, 0.6) is 0 Å². The second-order valence-electron chi connectivity index (χ2n) is 5.28. The van der Waals surface area contributed by atoms with E-state index >= 15 is 0 Å². The first-order valence-corrected chi connectivity index (χ1v) is 6.70. The Balaban J connectivity index is 2.25. The fourth-order valence-electron chi connectivity index (χ4n) is 2.74. The number of nitrogens with zero attached hydrogens (tertiary/aromatic N) is 1. The number of anilines is 1. The van der Waals surface area contributed by atoms with Crippen LogP contribution in [0.4, 0.5) is 5.69 Å². The van der Waals surface area contributed by atoms with E-state index in [9.17, 15) is 4.79 Å². The summed E-state index contributed by atoms with van der Waals surface area (Å²) < 4.78 is 0. The maximum atomic E-state index is 11.6. The average Bonchev–Trinajstić information content (AvgIpc) is 2.64. The molecule has 0 spiro atoms. The number of rotatable bonds is 3. The molecule has 3 heteroatoms. The molecule has 1 amide bonds. The Labute approximate surface area is 109 Å². The Hall–Kier alpha value is -1.35. The molecule has 0 radical (unpaired) electrons. The monoisotopic (exact) mass is 246 g/mol. The Kier molecular flexibility index (Phi) is 3.71. The van der Waals surface area contributed by atoms with Gasteiger partial charge in [-0.1, -0.05) is 19.1 Å². The third kappa shape index (κ3) is 2.41. The minimum Gasteiger partial charge on any atom is -0.327 e. The molecular formula is C15H22N2O. The van der Waals surface area contributed by atoms with Gasteiger partial charge in [0.15, 0.2) is 0 Å². The van der Waals surface area contributed by atoms with Crippen LogP contribution >= 0.6 is 0 Å². The van der Waals surface area contributed by atoms with Crippen LogP contribution in [0, 0.1) is 0 Å². The van der Waals surface area contributed by atoms with Gasteiger partial charge in [0.2, 0.25) is 5.91 Å². The number of hydrogen-bond donors (Lipinski definition) is 1. The highest BCUT2D eigenvalue weighted by molar-refractivity contribution is 5.94. The number of carbonyl (C=O) groups is 1. The summed E-state index contributed by atoms with van der Waals surface area (Å²) in [7, 11) is 0. The minimum atomic E-state index is 0.124. The molecule has 3 nitrogen and oxygen atoms in total. The zero-order valence-corrected chi connectivity index (χ0v) is 11.4. The number of amides is 1. The second kappa shape index (κ2) is 5.11. The minimum absolute atomic E-state index is 0.124. The van der Waals surface area contributed by atoms with E-state index in [1.807, 2.05) is 4.90 Å². The van der Waals surface area contributed by atoms with Crippen LogP contribution in [0.2, 0.25) is 0 Å². The smallest absolute Gasteiger partial charge is 0.224 e. The van der Waals surface area contributed by atoms with Crippen molar-refractivity contribution in [2.45, 2.75) is 52.1 Å². The Bertz CT molecular complexity index is 456. The lowest BCUT2D eigenvalue weighted by atomic mass is 10.0. The van der Waals surface area contributed by atoms with Gasteiger partial charge in [-0.15, -0.1) is 0 Å². The summed E-state index contributed by atoms with van der Waals surface area (Å²) in [5, 5.41) is 0. The SMILES string of the molecule is CCC(N)Cc1ccc2c(c1)CC(C)N2C(C)=O. The molecule has 18 heavy (non-hydrogen) atoms. The molecule has 1 aromatic carbocycles. The molecule has 98 valence electrons. The zero-order valence-electron chi connectivity index (χ0n) is 11.4. The van der Waals surface area contributed by atoms with E-state index in [0.717, 1.165) is 24.9 Å². The average molecular weight is 246 g/mol. The lowest BCUT2D eigenvalue weighted by molar-refractivity contribution is -0.116. The van der Waals surface area contributed by atoms with Gasteiger partial charge < -0.3 is 10.6 Å². The van der Waals surface area contributed by atoms with Crippen molar-refractivity contribution in [3.63, 3.8) is 0 Å². The van der Waals surface area contributed by atoms with Gasteiger partial charge in [0, 0.05) is 24.7 Å². The van der Waals surface area contributed by atoms with Crippen molar-refractivity contribution in [1.82, 2.24) is 0 Å². The lowest BCUT2D eigenvalue weighted by Gasteiger charge is -2.20. The van der Waals surface area contributed by atoms with Gasteiger partial charge in [0.25, 0.3) is 0 Å². The van der Waals surface area contributed by atoms with Gasteiger partial charge in [-0.25, -0.2) is 0 Å². The first-order valence-electron chi connectivity index (χ1n) is 6.70. The van der Waals surface area contributed by atoms with Crippen LogP contribution in [0.1, 0.15) is 38.3 Å². The third-order valence-corrected chi connectivity index (χ3v) is 3.72. The van der Waals surface area contributed by atoms with Gasteiger partial charge in [-0.2, -0.15) is 0 Å². The number of hydrogen-bond acceptors (Lipinski definition) is 2. The van der Waals surface area contributed by atoms with E-state index in [-0.39, 0.29) is 18.0 Å². The van der Waals surface area contributed by atoms with E-state index in [2.05, 4.69) is 32.0 Å². The van der Waals surface area contributed by atoms with E-state index in [1.54, 1.807) is 6.92 Å². The van der Waals surface area contributed by atoms with Gasteiger partial charge in [-0.3, -0.25) is 4.79 Å². The van der Waals surface area contributed by atoms with Crippen molar-refractivity contribution in [2.75, 3.05) is 4.90 Å². The van der Waals surface area contributed by atoms with Crippen molar-refractivity contribution in [3.05, 3.63) is 29.3 Å². The summed E-state index contributed by atoms with van der Waals surface area (Å²) in [4.78, 5) is 13.5. The molecule has 2 rings (SSSR count). The van der Waals surface area contributed by atoms with Gasteiger partial charge in [0.05, 0.1) is 0 Å². The van der Waals surface area contributed by atoms with Crippen molar-refractivity contribution < 1.29 is 4.79 Å². The van der Waals surface area contributed by atoms with Crippen LogP contribution in [-0.2, 0) is 17.6 Å². The fraction of sp³-hybridized carbons (Fsp3) is 0.533. The molecule has 1 heterocycles. The maximum absolute atomic E-state index is 11.6. The predicted octanol–water partition coefficient (Wildman–Crippen LogP) is 2.26. The molecule has 1 aromatic rings. The molecule has 2 N–H and O–H groups in total. The first kappa shape index (κ1) is 13.1. The summed E-state index contributed by atoms with van der Waals surface area (Å²) in [6.07, 6.45) is 2.86. The maximum Gasteiger partial charge on any atom is 0.224 e. The molecule has 0 bridgehead atoms. The Morgan fingerprint density at radius 2 is 2.28 bits per heavy atom.